The van der Waals surface area contributed by atoms with Gasteiger partial charge in [-0.25, -0.2) is 4.39 Å². The Hall–Kier alpha value is -2.40. The Morgan fingerprint density at radius 1 is 1.29 bits per heavy atom. The van der Waals surface area contributed by atoms with Crippen molar-refractivity contribution in [2.24, 2.45) is 5.92 Å². The number of anilines is 2. The lowest BCUT2D eigenvalue weighted by Gasteiger charge is -2.17. The molecule has 1 aliphatic heterocycles. The van der Waals surface area contributed by atoms with E-state index >= 15 is 0 Å². The minimum absolute atomic E-state index is 0.0553. The first-order chi connectivity index (χ1) is 11.4. The van der Waals surface area contributed by atoms with Gasteiger partial charge in [0, 0.05) is 23.7 Å². The van der Waals surface area contributed by atoms with Gasteiger partial charge in [0.2, 0.25) is 11.8 Å². The predicted octanol–water partition coefficient (Wildman–Crippen LogP) is 3.78. The second-order valence-corrected chi connectivity index (χ2v) is 6.30. The summed E-state index contributed by atoms with van der Waals surface area (Å²) in [5, 5.41) is 3.26. The zero-order valence-electron chi connectivity index (χ0n) is 13.1. The highest BCUT2D eigenvalue weighted by Gasteiger charge is 2.36. The second-order valence-electron chi connectivity index (χ2n) is 5.86. The van der Waals surface area contributed by atoms with Crippen molar-refractivity contribution in [3.8, 4) is 0 Å². The lowest BCUT2D eigenvalue weighted by molar-refractivity contribution is -0.122. The smallest absolute Gasteiger partial charge is 0.229 e. The number of carbonyl (C=O) groups is 2. The fourth-order valence-electron chi connectivity index (χ4n) is 2.76. The Morgan fingerprint density at radius 2 is 2.08 bits per heavy atom. The summed E-state index contributed by atoms with van der Waals surface area (Å²) in [4.78, 5) is 25.9. The number of hydrogen-bond acceptors (Lipinski definition) is 2. The molecule has 1 unspecified atom stereocenters. The van der Waals surface area contributed by atoms with Crippen LogP contribution >= 0.6 is 11.6 Å². The Morgan fingerprint density at radius 3 is 2.79 bits per heavy atom. The van der Waals surface area contributed by atoms with Crippen LogP contribution in [0.3, 0.4) is 0 Å². The lowest BCUT2D eigenvalue weighted by atomic mass is 10.1. The highest BCUT2D eigenvalue weighted by atomic mass is 35.5. The molecule has 0 bridgehead atoms. The van der Waals surface area contributed by atoms with Gasteiger partial charge in [-0.3, -0.25) is 9.59 Å². The van der Waals surface area contributed by atoms with Crippen LogP contribution in [0.5, 0.6) is 0 Å². The highest BCUT2D eigenvalue weighted by Crippen LogP contribution is 2.29. The number of nitrogens with zero attached hydrogens (tertiary/aromatic N) is 1. The van der Waals surface area contributed by atoms with Crippen molar-refractivity contribution >= 4 is 34.8 Å². The van der Waals surface area contributed by atoms with E-state index in [1.807, 2.05) is 0 Å². The SMILES string of the molecule is Cc1ccc(N2CC(C(=O)Nc3cccc(Cl)c3)CC2=O)c(F)c1. The molecule has 3 rings (SSSR count). The molecule has 24 heavy (non-hydrogen) atoms. The van der Waals surface area contributed by atoms with E-state index in [2.05, 4.69) is 5.32 Å². The van der Waals surface area contributed by atoms with E-state index in [4.69, 9.17) is 11.6 Å². The van der Waals surface area contributed by atoms with E-state index < -0.39 is 11.7 Å². The molecule has 1 heterocycles. The van der Waals surface area contributed by atoms with Crippen LogP contribution in [-0.2, 0) is 9.59 Å². The third-order valence-electron chi connectivity index (χ3n) is 3.98. The monoisotopic (exact) mass is 346 g/mol. The van der Waals surface area contributed by atoms with E-state index in [-0.39, 0.29) is 30.5 Å². The van der Waals surface area contributed by atoms with Crippen LogP contribution in [0.15, 0.2) is 42.5 Å². The van der Waals surface area contributed by atoms with Crippen molar-refractivity contribution in [1.82, 2.24) is 0 Å². The van der Waals surface area contributed by atoms with Crippen molar-refractivity contribution in [3.63, 3.8) is 0 Å². The maximum absolute atomic E-state index is 14.1. The molecule has 0 aliphatic carbocycles. The number of hydrogen-bond donors (Lipinski definition) is 1. The molecule has 0 aromatic heterocycles. The number of nitrogens with one attached hydrogen (secondary N) is 1. The van der Waals surface area contributed by atoms with E-state index in [0.29, 0.717) is 10.7 Å². The Balaban J connectivity index is 1.73. The number of aryl methyl sites for hydroxylation is 1. The van der Waals surface area contributed by atoms with E-state index in [1.54, 1.807) is 43.3 Å². The zero-order chi connectivity index (χ0) is 17.3. The summed E-state index contributed by atoms with van der Waals surface area (Å²) in [5.74, 6) is -1.53. The van der Waals surface area contributed by atoms with Crippen LogP contribution in [0.1, 0.15) is 12.0 Å². The van der Waals surface area contributed by atoms with Gasteiger partial charge in [0.25, 0.3) is 0 Å². The van der Waals surface area contributed by atoms with Crippen molar-refractivity contribution < 1.29 is 14.0 Å². The molecule has 1 aliphatic rings. The zero-order valence-corrected chi connectivity index (χ0v) is 13.8. The summed E-state index contributed by atoms with van der Waals surface area (Å²) < 4.78 is 14.1. The summed E-state index contributed by atoms with van der Waals surface area (Å²) >= 11 is 5.89. The predicted molar refractivity (Wildman–Crippen MR) is 91.7 cm³/mol. The standard InChI is InChI=1S/C18H16ClFN2O2/c1-11-5-6-16(15(20)7-11)22-10-12(8-17(22)23)18(24)21-14-4-2-3-13(19)9-14/h2-7,9,12H,8,10H2,1H3,(H,21,24). The molecule has 0 spiro atoms. The fourth-order valence-corrected chi connectivity index (χ4v) is 2.95. The van der Waals surface area contributed by atoms with Crippen LogP contribution in [0, 0.1) is 18.7 Å². The molecule has 124 valence electrons. The maximum atomic E-state index is 14.1. The Kier molecular flexibility index (Phi) is 4.53. The second kappa shape index (κ2) is 6.61. The van der Waals surface area contributed by atoms with Crippen LogP contribution in [0.25, 0.3) is 0 Å². The minimum atomic E-state index is -0.530. The van der Waals surface area contributed by atoms with E-state index in [0.717, 1.165) is 5.56 Å². The van der Waals surface area contributed by atoms with E-state index in [9.17, 15) is 14.0 Å². The third-order valence-corrected chi connectivity index (χ3v) is 4.22. The molecule has 2 aromatic carbocycles. The van der Waals surface area contributed by atoms with Crippen LogP contribution in [0.2, 0.25) is 5.02 Å². The number of carbonyl (C=O) groups excluding carboxylic acids is 2. The molecule has 1 saturated heterocycles. The molecular formula is C18H16ClFN2O2. The number of benzene rings is 2. The van der Waals surface area contributed by atoms with Crippen LogP contribution in [0.4, 0.5) is 15.8 Å². The van der Waals surface area contributed by atoms with Gasteiger partial charge < -0.3 is 10.2 Å². The van der Waals surface area contributed by atoms with Crippen molar-refractivity contribution in [3.05, 3.63) is 58.9 Å². The first-order valence-corrected chi connectivity index (χ1v) is 7.95. The van der Waals surface area contributed by atoms with Crippen molar-refractivity contribution in [1.29, 1.82) is 0 Å². The van der Waals surface area contributed by atoms with Gasteiger partial charge in [-0.2, -0.15) is 0 Å². The number of halogens is 2. The van der Waals surface area contributed by atoms with Crippen molar-refractivity contribution in [2.45, 2.75) is 13.3 Å². The van der Waals surface area contributed by atoms with Gasteiger partial charge >= 0.3 is 0 Å². The average molecular weight is 347 g/mol. The van der Waals surface area contributed by atoms with Gasteiger partial charge in [-0.05, 0) is 42.8 Å². The van der Waals surface area contributed by atoms with Crippen LogP contribution < -0.4 is 10.2 Å². The van der Waals surface area contributed by atoms with Gasteiger partial charge in [0.1, 0.15) is 5.82 Å². The molecule has 1 fully saturated rings. The summed E-state index contributed by atoms with van der Waals surface area (Å²) in [7, 11) is 0. The van der Waals surface area contributed by atoms with Gasteiger partial charge in [-0.1, -0.05) is 23.7 Å². The minimum Gasteiger partial charge on any atom is -0.326 e. The van der Waals surface area contributed by atoms with Crippen molar-refractivity contribution in [2.75, 3.05) is 16.8 Å². The van der Waals surface area contributed by atoms with Gasteiger partial charge in [0.15, 0.2) is 0 Å². The van der Waals surface area contributed by atoms with Gasteiger partial charge in [-0.15, -0.1) is 0 Å². The van der Waals surface area contributed by atoms with Gasteiger partial charge in [0.05, 0.1) is 11.6 Å². The first-order valence-electron chi connectivity index (χ1n) is 7.57. The Bertz CT molecular complexity index is 809. The molecule has 1 atom stereocenters. The summed E-state index contributed by atoms with van der Waals surface area (Å²) in [6.45, 7) is 1.94. The molecule has 0 saturated carbocycles. The lowest BCUT2D eigenvalue weighted by Crippen LogP contribution is -2.28. The quantitative estimate of drug-likeness (QED) is 0.919. The average Bonchev–Trinajstić information content (AvgIpc) is 2.89. The molecule has 1 N–H and O–H groups in total. The molecular weight excluding hydrogens is 331 g/mol. The molecule has 2 amide bonds. The molecule has 0 radical (unpaired) electrons. The number of rotatable bonds is 3. The summed E-state index contributed by atoms with van der Waals surface area (Å²) in [5.41, 5.74) is 1.56. The third kappa shape index (κ3) is 3.41. The van der Waals surface area contributed by atoms with Crippen LogP contribution in [-0.4, -0.2) is 18.4 Å². The largest absolute Gasteiger partial charge is 0.326 e. The van der Waals surface area contributed by atoms with E-state index in [1.165, 1.54) is 11.0 Å². The number of amides is 2. The summed E-state index contributed by atoms with van der Waals surface area (Å²) in [6.07, 6.45) is 0.0553. The molecule has 6 heteroatoms. The summed E-state index contributed by atoms with van der Waals surface area (Å²) in [6, 6.07) is 11.5. The Labute approximate surface area is 144 Å². The maximum Gasteiger partial charge on any atom is 0.229 e. The molecule has 4 nitrogen and oxygen atoms in total. The highest BCUT2D eigenvalue weighted by molar-refractivity contribution is 6.30. The normalized spacial score (nSPS) is 17.2. The first kappa shape index (κ1) is 16.5. The molecule has 2 aromatic rings. The topological polar surface area (TPSA) is 49.4 Å². The fraction of sp³-hybridized carbons (Fsp3) is 0.222.